The van der Waals surface area contributed by atoms with Gasteiger partial charge >= 0.3 is 0 Å². The van der Waals surface area contributed by atoms with E-state index in [-0.39, 0.29) is 22.9 Å². The average molecular weight is 337 g/mol. The molecule has 7 heteroatoms. The van der Waals surface area contributed by atoms with E-state index in [1.165, 1.54) is 30.3 Å². The zero-order valence-electron chi connectivity index (χ0n) is 13.2. The highest BCUT2D eigenvalue weighted by atomic mass is 32.2. The standard InChI is InChI=1S/C16H23N3O3S/c1-11(23-14-8-6-13(7-9-14)19(21)22)16(20)18-15-5-3-2-4-12(15)10-17/h6-9,11-12,15H,2-5,10,17H2,1H3,(H,18,20). The molecule has 1 aromatic carbocycles. The van der Waals surface area contributed by atoms with E-state index in [2.05, 4.69) is 5.32 Å². The highest BCUT2D eigenvalue weighted by Gasteiger charge is 2.27. The molecule has 0 aliphatic heterocycles. The van der Waals surface area contributed by atoms with Crippen LogP contribution in [0.25, 0.3) is 0 Å². The van der Waals surface area contributed by atoms with Crippen molar-refractivity contribution < 1.29 is 9.72 Å². The fraction of sp³-hybridized carbons (Fsp3) is 0.562. The van der Waals surface area contributed by atoms with Gasteiger partial charge in [0, 0.05) is 23.1 Å². The van der Waals surface area contributed by atoms with Crippen molar-refractivity contribution in [2.75, 3.05) is 6.54 Å². The lowest BCUT2D eigenvalue weighted by molar-refractivity contribution is -0.384. The number of hydrogen-bond donors (Lipinski definition) is 2. The van der Waals surface area contributed by atoms with Gasteiger partial charge in [0.15, 0.2) is 0 Å². The highest BCUT2D eigenvalue weighted by molar-refractivity contribution is 8.00. The lowest BCUT2D eigenvalue weighted by Crippen LogP contribution is -2.47. The number of nitrogens with zero attached hydrogens (tertiary/aromatic N) is 1. The molecule has 1 aliphatic carbocycles. The normalized spacial score (nSPS) is 22.3. The molecule has 0 radical (unpaired) electrons. The second-order valence-corrected chi connectivity index (χ2v) is 7.32. The maximum absolute atomic E-state index is 12.4. The van der Waals surface area contributed by atoms with Gasteiger partial charge in [-0.05, 0) is 44.4 Å². The van der Waals surface area contributed by atoms with Crippen LogP contribution in [0, 0.1) is 16.0 Å². The van der Waals surface area contributed by atoms with Crippen LogP contribution < -0.4 is 11.1 Å². The average Bonchev–Trinajstić information content (AvgIpc) is 2.55. The molecule has 1 aromatic rings. The summed E-state index contributed by atoms with van der Waals surface area (Å²) in [4.78, 5) is 23.4. The second kappa shape index (κ2) is 8.31. The van der Waals surface area contributed by atoms with Crippen molar-refractivity contribution in [1.29, 1.82) is 0 Å². The van der Waals surface area contributed by atoms with Crippen molar-refractivity contribution in [1.82, 2.24) is 5.32 Å². The van der Waals surface area contributed by atoms with E-state index in [0.29, 0.717) is 12.5 Å². The number of hydrogen-bond acceptors (Lipinski definition) is 5. The molecule has 0 bridgehead atoms. The van der Waals surface area contributed by atoms with Gasteiger partial charge in [-0.15, -0.1) is 11.8 Å². The molecule has 6 nitrogen and oxygen atoms in total. The molecule has 1 aliphatic rings. The van der Waals surface area contributed by atoms with Crippen LogP contribution in [0.15, 0.2) is 29.2 Å². The fourth-order valence-corrected chi connectivity index (χ4v) is 3.76. The number of nitro groups is 1. The van der Waals surface area contributed by atoms with Crippen molar-refractivity contribution in [2.24, 2.45) is 11.7 Å². The summed E-state index contributed by atoms with van der Waals surface area (Å²) in [6.45, 7) is 2.45. The van der Waals surface area contributed by atoms with Crippen molar-refractivity contribution in [3.63, 3.8) is 0 Å². The summed E-state index contributed by atoms with van der Waals surface area (Å²) in [6, 6.07) is 6.43. The molecule has 0 saturated heterocycles. The number of non-ortho nitro benzene ring substituents is 1. The maximum Gasteiger partial charge on any atom is 0.269 e. The quantitative estimate of drug-likeness (QED) is 0.472. The summed E-state index contributed by atoms with van der Waals surface area (Å²) in [5.74, 6) is 0.364. The summed E-state index contributed by atoms with van der Waals surface area (Å²) in [6.07, 6.45) is 4.38. The minimum Gasteiger partial charge on any atom is -0.352 e. The molecule has 23 heavy (non-hydrogen) atoms. The molecule has 3 unspecified atom stereocenters. The minimum absolute atomic E-state index is 0.00120. The van der Waals surface area contributed by atoms with E-state index in [0.717, 1.165) is 24.2 Å². The molecule has 2 rings (SSSR count). The SMILES string of the molecule is CC(Sc1ccc([N+](=O)[O-])cc1)C(=O)NC1CCCCC1CN. The first-order valence-corrected chi connectivity index (χ1v) is 8.80. The number of thioether (sulfide) groups is 1. The van der Waals surface area contributed by atoms with Crippen LogP contribution in [0.4, 0.5) is 5.69 Å². The van der Waals surface area contributed by atoms with Crippen LogP contribution in [-0.4, -0.2) is 28.7 Å². The van der Waals surface area contributed by atoms with Crippen LogP contribution in [0.1, 0.15) is 32.6 Å². The number of carbonyl (C=O) groups is 1. The molecule has 0 heterocycles. The van der Waals surface area contributed by atoms with Crippen molar-refractivity contribution in [2.45, 2.75) is 48.8 Å². The third-order valence-corrected chi connectivity index (χ3v) is 5.38. The Bertz CT molecular complexity index is 550. The van der Waals surface area contributed by atoms with E-state index in [1.54, 1.807) is 12.1 Å². The van der Waals surface area contributed by atoms with Gasteiger partial charge in [0.25, 0.3) is 5.69 Å². The van der Waals surface area contributed by atoms with E-state index < -0.39 is 4.92 Å². The van der Waals surface area contributed by atoms with Gasteiger partial charge in [0.2, 0.25) is 5.91 Å². The number of nitrogens with one attached hydrogen (secondary N) is 1. The van der Waals surface area contributed by atoms with Crippen LogP contribution in [-0.2, 0) is 4.79 Å². The number of carbonyl (C=O) groups excluding carboxylic acids is 1. The van der Waals surface area contributed by atoms with E-state index in [4.69, 9.17) is 5.73 Å². The van der Waals surface area contributed by atoms with Crippen LogP contribution in [0.3, 0.4) is 0 Å². The molecular weight excluding hydrogens is 314 g/mol. The van der Waals surface area contributed by atoms with E-state index in [1.807, 2.05) is 6.92 Å². The Balaban J connectivity index is 1.90. The minimum atomic E-state index is -0.430. The fourth-order valence-electron chi connectivity index (χ4n) is 2.88. The smallest absolute Gasteiger partial charge is 0.269 e. The number of nitro benzene ring substituents is 1. The van der Waals surface area contributed by atoms with Crippen molar-refractivity contribution in [3.8, 4) is 0 Å². The maximum atomic E-state index is 12.4. The predicted octanol–water partition coefficient (Wildman–Crippen LogP) is 2.71. The van der Waals surface area contributed by atoms with Crippen molar-refractivity contribution >= 4 is 23.4 Å². The largest absolute Gasteiger partial charge is 0.352 e. The number of amides is 1. The molecule has 1 fully saturated rings. The van der Waals surface area contributed by atoms with Crippen LogP contribution in [0.2, 0.25) is 0 Å². The molecule has 126 valence electrons. The lowest BCUT2D eigenvalue weighted by Gasteiger charge is -2.32. The van der Waals surface area contributed by atoms with Gasteiger partial charge in [-0.3, -0.25) is 14.9 Å². The number of rotatable bonds is 6. The number of nitrogens with two attached hydrogens (primary N) is 1. The molecule has 0 spiro atoms. The van der Waals surface area contributed by atoms with Crippen molar-refractivity contribution in [3.05, 3.63) is 34.4 Å². The zero-order chi connectivity index (χ0) is 16.8. The molecule has 1 saturated carbocycles. The summed E-state index contributed by atoms with van der Waals surface area (Å²) < 4.78 is 0. The summed E-state index contributed by atoms with van der Waals surface area (Å²) >= 11 is 1.40. The van der Waals surface area contributed by atoms with E-state index in [9.17, 15) is 14.9 Å². The topological polar surface area (TPSA) is 98.3 Å². The Morgan fingerprint density at radius 3 is 2.65 bits per heavy atom. The van der Waals surface area contributed by atoms with Crippen LogP contribution in [0.5, 0.6) is 0 Å². The Morgan fingerprint density at radius 2 is 2.04 bits per heavy atom. The second-order valence-electron chi connectivity index (χ2n) is 5.91. The Hall–Kier alpha value is -1.60. The molecule has 1 amide bonds. The van der Waals surface area contributed by atoms with Gasteiger partial charge in [-0.25, -0.2) is 0 Å². The lowest BCUT2D eigenvalue weighted by atomic mass is 9.84. The summed E-state index contributed by atoms with van der Waals surface area (Å²) in [5.41, 5.74) is 5.85. The summed E-state index contributed by atoms with van der Waals surface area (Å²) in [5, 5.41) is 13.5. The first-order valence-electron chi connectivity index (χ1n) is 7.93. The molecule has 3 atom stereocenters. The van der Waals surface area contributed by atoms with Gasteiger partial charge in [0.1, 0.15) is 0 Å². The zero-order valence-corrected chi connectivity index (χ0v) is 14.1. The van der Waals surface area contributed by atoms with Crippen LogP contribution >= 0.6 is 11.8 Å². The van der Waals surface area contributed by atoms with Gasteiger partial charge in [0.05, 0.1) is 10.2 Å². The van der Waals surface area contributed by atoms with E-state index >= 15 is 0 Å². The Labute approximate surface area is 140 Å². The van der Waals surface area contributed by atoms with Gasteiger partial charge in [-0.1, -0.05) is 12.8 Å². The monoisotopic (exact) mass is 337 g/mol. The highest BCUT2D eigenvalue weighted by Crippen LogP contribution is 2.27. The first kappa shape index (κ1) is 17.7. The predicted molar refractivity (Wildman–Crippen MR) is 91.4 cm³/mol. The Kier molecular flexibility index (Phi) is 6.41. The molecule has 0 aromatic heterocycles. The number of benzene rings is 1. The molecule has 3 N–H and O–H groups in total. The van der Waals surface area contributed by atoms with Gasteiger partial charge in [-0.2, -0.15) is 0 Å². The third-order valence-electron chi connectivity index (χ3n) is 4.27. The molecular formula is C16H23N3O3S. The Morgan fingerprint density at radius 1 is 1.39 bits per heavy atom. The summed E-state index contributed by atoms with van der Waals surface area (Å²) in [7, 11) is 0. The first-order chi connectivity index (χ1) is 11.0. The van der Waals surface area contributed by atoms with Gasteiger partial charge < -0.3 is 11.1 Å². The third kappa shape index (κ3) is 4.94.